The molecular weight excluding hydrogens is 338 g/mol. The Morgan fingerprint density at radius 2 is 1.88 bits per heavy atom. The highest BCUT2D eigenvalue weighted by atomic mass is 35.5. The number of amides is 1. The lowest BCUT2D eigenvalue weighted by Gasteiger charge is -2.17. The lowest BCUT2D eigenvalue weighted by atomic mass is 10.1. The van der Waals surface area contributed by atoms with Crippen molar-refractivity contribution in [3.63, 3.8) is 0 Å². The van der Waals surface area contributed by atoms with Crippen LogP contribution in [-0.2, 0) is 13.6 Å². The van der Waals surface area contributed by atoms with E-state index in [0.717, 1.165) is 11.1 Å². The molecule has 3 rings (SSSR count). The molecule has 6 heteroatoms. The van der Waals surface area contributed by atoms with E-state index < -0.39 is 5.91 Å². The van der Waals surface area contributed by atoms with Crippen LogP contribution in [0.1, 0.15) is 21.6 Å². The minimum atomic E-state index is -0.404. The van der Waals surface area contributed by atoms with Crippen molar-refractivity contribution in [3.05, 3.63) is 74.5 Å². The summed E-state index contributed by atoms with van der Waals surface area (Å²) in [6.45, 7) is 2.28. The van der Waals surface area contributed by atoms with Crippen LogP contribution in [0.3, 0.4) is 0 Å². The van der Waals surface area contributed by atoms with Gasteiger partial charge in [-0.15, -0.1) is 0 Å². The van der Waals surface area contributed by atoms with Crippen LogP contribution in [0.2, 0.25) is 5.02 Å². The summed E-state index contributed by atoms with van der Waals surface area (Å²) in [4.78, 5) is 27.0. The van der Waals surface area contributed by atoms with Crippen LogP contribution < -0.4 is 5.43 Å². The van der Waals surface area contributed by atoms with Crippen LogP contribution in [0.25, 0.3) is 10.9 Å². The van der Waals surface area contributed by atoms with Gasteiger partial charge in [-0.2, -0.15) is 5.10 Å². The Hall–Kier alpha value is -2.66. The van der Waals surface area contributed by atoms with Crippen LogP contribution in [0, 0.1) is 6.92 Å². The molecule has 2 aromatic carbocycles. The zero-order chi connectivity index (χ0) is 18.1. The van der Waals surface area contributed by atoms with E-state index in [1.165, 1.54) is 4.90 Å². The van der Waals surface area contributed by atoms with E-state index in [2.05, 4.69) is 5.10 Å². The maximum Gasteiger partial charge on any atom is 0.278 e. The fourth-order valence-corrected chi connectivity index (χ4v) is 2.87. The van der Waals surface area contributed by atoms with E-state index in [1.54, 1.807) is 37.0 Å². The number of aryl methyl sites for hydroxylation is 2. The summed E-state index contributed by atoms with van der Waals surface area (Å²) < 4.78 is 1.57. The van der Waals surface area contributed by atoms with Gasteiger partial charge in [0.2, 0.25) is 5.43 Å². The molecule has 0 aliphatic heterocycles. The number of nitrogens with zero attached hydrogens (tertiary/aromatic N) is 3. The topological polar surface area (TPSA) is 55.2 Å². The Morgan fingerprint density at radius 1 is 1.20 bits per heavy atom. The first kappa shape index (κ1) is 17.2. The summed E-state index contributed by atoms with van der Waals surface area (Å²) >= 11 is 5.88. The number of hydrogen-bond donors (Lipinski definition) is 0. The van der Waals surface area contributed by atoms with Gasteiger partial charge in [0, 0.05) is 25.7 Å². The molecule has 1 aromatic heterocycles. The third kappa shape index (κ3) is 3.42. The molecule has 5 nitrogen and oxygen atoms in total. The number of hydrogen-bond acceptors (Lipinski definition) is 3. The molecule has 0 fully saturated rings. The molecule has 0 atom stereocenters. The van der Waals surface area contributed by atoms with Crippen molar-refractivity contribution in [2.75, 3.05) is 7.05 Å². The van der Waals surface area contributed by atoms with Gasteiger partial charge in [0.1, 0.15) is 0 Å². The quantitative estimate of drug-likeness (QED) is 0.725. The molecule has 0 spiro atoms. The molecule has 0 unspecified atom stereocenters. The number of benzene rings is 2. The number of halogens is 1. The van der Waals surface area contributed by atoms with Gasteiger partial charge in [-0.25, -0.2) is 0 Å². The van der Waals surface area contributed by atoms with Gasteiger partial charge in [0.25, 0.3) is 5.91 Å². The van der Waals surface area contributed by atoms with Gasteiger partial charge in [-0.1, -0.05) is 35.4 Å². The fourth-order valence-electron chi connectivity index (χ4n) is 2.75. The lowest BCUT2D eigenvalue weighted by molar-refractivity contribution is 0.0776. The third-order valence-corrected chi connectivity index (χ3v) is 4.34. The summed E-state index contributed by atoms with van der Waals surface area (Å²) in [5.41, 5.74) is 2.17. The number of fused-ring (bicyclic) bond motifs is 1. The molecule has 0 bridgehead atoms. The summed E-state index contributed by atoms with van der Waals surface area (Å²) in [6, 6.07) is 12.8. The predicted molar refractivity (Wildman–Crippen MR) is 99.0 cm³/mol. The summed E-state index contributed by atoms with van der Waals surface area (Å²) in [5, 5.41) is 5.34. The number of aromatic nitrogens is 2. The Bertz CT molecular complexity index is 1010. The van der Waals surface area contributed by atoms with E-state index >= 15 is 0 Å². The first-order valence-corrected chi connectivity index (χ1v) is 8.22. The van der Waals surface area contributed by atoms with Gasteiger partial charge < -0.3 is 4.90 Å². The zero-order valence-electron chi connectivity index (χ0n) is 14.3. The average Bonchev–Trinajstić information content (AvgIpc) is 2.59. The molecular formula is C19H18ClN3O2. The highest BCUT2D eigenvalue weighted by Crippen LogP contribution is 2.14. The molecule has 0 aliphatic rings. The fraction of sp³-hybridized carbons (Fsp3) is 0.211. The normalized spacial score (nSPS) is 10.9. The van der Waals surface area contributed by atoms with Gasteiger partial charge in [0.05, 0.1) is 10.9 Å². The molecule has 128 valence electrons. The Morgan fingerprint density at radius 3 is 2.56 bits per heavy atom. The van der Waals surface area contributed by atoms with Crippen LogP contribution in [0.15, 0.2) is 47.3 Å². The number of carbonyl (C=O) groups excluding carboxylic acids is 1. The van der Waals surface area contributed by atoms with Gasteiger partial charge in [-0.05, 0) is 36.8 Å². The largest absolute Gasteiger partial charge is 0.336 e. The third-order valence-electron chi connectivity index (χ3n) is 4.09. The monoisotopic (exact) mass is 355 g/mol. The molecule has 0 saturated carbocycles. The maximum absolute atomic E-state index is 12.7. The lowest BCUT2D eigenvalue weighted by Crippen LogP contribution is -2.33. The van der Waals surface area contributed by atoms with Gasteiger partial charge in [0.15, 0.2) is 5.69 Å². The summed E-state index contributed by atoms with van der Waals surface area (Å²) in [6.07, 6.45) is 0. The second kappa shape index (κ2) is 6.69. The predicted octanol–water partition coefficient (Wildman–Crippen LogP) is 3.17. The molecule has 1 amide bonds. The van der Waals surface area contributed by atoms with E-state index in [9.17, 15) is 9.59 Å². The Kier molecular flexibility index (Phi) is 4.59. The van der Waals surface area contributed by atoms with E-state index in [0.29, 0.717) is 22.5 Å². The smallest absolute Gasteiger partial charge is 0.278 e. The maximum atomic E-state index is 12.7. The van der Waals surface area contributed by atoms with Crippen LogP contribution in [0.5, 0.6) is 0 Å². The second-order valence-corrected chi connectivity index (χ2v) is 6.55. The zero-order valence-corrected chi connectivity index (χ0v) is 15.0. The van der Waals surface area contributed by atoms with E-state index in [1.807, 2.05) is 31.2 Å². The standard InChI is InChI=1S/C19H18ClN3O2/c1-12-4-9-16-15(10-12)18(24)17(21-23(16)3)19(25)22(2)11-13-5-7-14(20)8-6-13/h4-10H,11H2,1-3H3. The highest BCUT2D eigenvalue weighted by molar-refractivity contribution is 6.30. The highest BCUT2D eigenvalue weighted by Gasteiger charge is 2.20. The van der Waals surface area contributed by atoms with Crippen LogP contribution in [0.4, 0.5) is 0 Å². The van der Waals surface area contributed by atoms with Crippen LogP contribution in [-0.4, -0.2) is 27.6 Å². The Balaban J connectivity index is 1.97. The van der Waals surface area contributed by atoms with Crippen molar-refractivity contribution in [1.82, 2.24) is 14.7 Å². The molecule has 3 aromatic rings. The van der Waals surface area contributed by atoms with Gasteiger partial charge >= 0.3 is 0 Å². The second-order valence-electron chi connectivity index (χ2n) is 6.11. The molecule has 0 saturated heterocycles. The summed E-state index contributed by atoms with van der Waals surface area (Å²) in [5.74, 6) is -0.404. The number of carbonyl (C=O) groups is 1. The van der Waals surface area contributed by atoms with Crippen molar-refractivity contribution in [1.29, 1.82) is 0 Å². The molecule has 0 radical (unpaired) electrons. The SMILES string of the molecule is Cc1ccc2c(c1)c(=O)c(C(=O)N(C)Cc1ccc(Cl)cc1)nn2C. The van der Waals surface area contributed by atoms with Crippen molar-refractivity contribution < 1.29 is 4.79 Å². The summed E-state index contributed by atoms with van der Waals surface area (Å²) in [7, 11) is 3.38. The first-order chi connectivity index (χ1) is 11.9. The minimum Gasteiger partial charge on any atom is -0.336 e. The Labute approximate surface area is 150 Å². The van der Waals surface area contributed by atoms with Crippen molar-refractivity contribution in [2.24, 2.45) is 7.05 Å². The van der Waals surface area contributed by atoms with E-state index in [4.69, 9.17) is 11.6 Å². The molecule has 25 heavy (non-hydrogen) atoms. The minimum absolute atomic E-state index is 0.0722. The first-order valence-electron chi connectivity index (χ1n) is 7.84. The average molecular weight is 356 g/mol. The van der Waals surface area contributed by atoms with Crippen molar-refractivity contribution in [3.8, 4) is 0 Å². The molecule has 0 aliphatic carbocycles. The molecule has 0 N–H and O–H groups in total. The molecule has 1 heterocycles. The van der Waals surface area contributed by atoms with Gasteiger partial charge in [-0.3, -0.25) is 14.3 Å². The van der Waals surface area contributed by atoms with E-state index in [-0.39, 0.29) is 11.1 Å². The van der Waals surface area contributed by atoms with Crippen LogP contribution >= 0.6 is 11.6 Å². The number of rotatable bonds is 3. The van der Waals surface area contributed by atoms with Crippen molar-refractivity contribution >= 4 is 28.4 Å². The van der Waals surface area contributed by atoms with Crippen molar-refractivity contribution in [2.45, 2.75) is 13.5 Å².